The molecule has 5 rings (SSSR count). The Morgan fingerprint density at radius 1 is 1.00 bits per heavy atom. The molecule has 2 heterocycles. The fraction of sp³-hybridized carbons (Fsp3) is 0.240. The Balaban J connectivity index is 1.56. The summed E-state index contributed by atoms with van der Waals surface area (Å²) in [6.45, 7) is 3.29. The van der Waals surface area contributed by atoms with E-state index in [4.69, 9.17) is 14.5 Å². The van der Waals surface area contributed by atoms with Crippen LogP contribution in [-0.4, -0.2) is 19.4 Å². The molecule has 2 aliphatic heterocycles. The van der Waals surface area contributed by atoms with Crippen molar-refractivity contribution in [1.82, 2.24) is 0 Å². The molecular weight excluding hydrogens is 360 g/mol. The molecule has 0 saturated carbocycles. The van der Waals surface area contributed by atoms with E-state index in [0.29, 0.717) is 5.92 Å². The lowest BCUT2D eigenvalue weighted by Gasteiger charge is -2.49. The molecule has 1 spiro atoms. The SMILES string of the molecule is COc1ccc(N2CCC(C)C34C=CN=C3C(Oc3ccccc3)=CC=C24)cc1. The van der Waals surface area contributed by atoms with Gasteiger partial charge in [0, 0.05) is 24.1 Å². The van der Waals surface area contributed by atoms with Crippen molar-refractivity contribution < 1.29 is 9.47 Å². The molecule has 4 heteroatoms. The summed E-state index contributed by atoms with van der Waals surface area (Å²) in [5.74, 6) is 2.96. The third kappa shape index (κ3) is 2.79. The van der Waals surface area contributed by atoms with Crippen LogP contribution in [0.1, 0.15) is 13.3 Å². The lowest BCUT2D eigenvalue weighted by atomic mass is 9.64. The summed E-state index contributed by atoms with van der Waals surface area (Å²) in [7, 11) is 1.70. The number of methoxy groups -OCH3 is 1. The van der Waals surface area contributed by atoms with Crippen LogP contribution in [0.25, 0.3) is 0 Å². The van der Waals surface area contributed by atoms with Crippen molar-refractivity contribution in [2.45, 2.75) is 13.3 Å². The Labute approximate surface area is 171 Å². The number of ether oxygens (including phenoxy) is 2. The second-order valence-electron chi connectivity index (χ2n) is 7.70. The van der Waals surface area contributed by atoms with Gasteiger partial charge < -0.3 is 14.4 Å². The quantitative estimate of drug-likeness (QED) is 0.712. The molecule has 2 atom stereocenters. The summed E-state index contributed by atoms with van der Waals surface area (Å²) in [6, 6.07) is 18.2. The third-order valence-corrected chi connectivity index (χ3v) is 6.19. The minimum absolute atomic E-state index is 0.253. The minimum atomic E-state index is -0.253. The Morgan fingerprint density at radius 3 is 2.55 bits per heavy atom. The van der Waals surface area contributed by atoms with Crippen LogP contribution in [0.5, 0.6) is 11.5 Å². The Bertz CT molecular complexity index is 1030. The highest BCUT2D eigenvalue weighted by Gasteiger charge is 2.52. The molecular formula is C25H24N2O2. The Hall–Kier alpha value is -3.27. The van der Waals surface area contributed by atoms with E-state index in [2.05, 4.69) is 42.2 Å². The maximum Gasteiger partial charge on any atom is 0.150 e. The van der Waals surface area contributed by atoms with Crippen LogP contribution in [0.15, 0.2) is 95.5 Å². The molecule has 2 aromatic rings. The van der Waals surface area contributed by atoms with E-state index in [1.807, 2.05) is 48.7 Å². The Kier molecular flexibility index (Phi) is 4.27. The van der Waals surface area contributed by atoms with Crippen molar-refractivity contribution in [3.63, 3.8) is 0 Å². The van der Waals surface area contributed by atoms with Crippen LogP contribution in [0, 0.1) is 11.3 Å². The van der Waals surface area contributed by atoms with Crippen LogP contribution in [0.3, 0.4) is 0 Å². The normalized spacial score (nSPS) is 24.8. The molecule has 1 saturated heterocycles. The van der Waals surface area contributed by atoms with Gasteiger partial charge in [0.05, 0.1) is 18.2 Å². The summed E-state index contributed by atoms with van der Waals surface area (Å²) in [4.78, 5) is 7.17. The molecule has 0 amide bonds. The molecule has 1 fully saturated rings. The van der Waals surface area contributed by atoms with Crippen molar-refractivity contribution in [1.29, 1.82) is 0 Å². The van der Waals surface area contributed by atoms with Gasteiger partial charge in [-0.2, -0.15) is 0 Å². The molecule has 2 aromatic carbocycles. The molecule has 29 heavy (non-hydrogen) atoms. The van der Waals surface area contributed by atoms with E-state index in [-0.39, 0.29) is 5.41 Å². The van der Waals surface area contributed by atoms with Crippen LogP contribution in [-0.2, 0) is 0 Å². The van der Waals surface area contributed by atoms with Crippen LogP contribution < -0.4 is 14.4 Å². The average Bonchev–Trinajstić information content (AvgIpc) is 3.22. The highest BCUT2D eigenvalue weighted by molar-refractivity contribution is 6.10. The highest BCUT2D eigenvalue weighted by atomic mass is 16.5. The van der Waals surface area contributed by atoms with Gasteiger partial charge in [0.2, 0.25) is 0 Å². The number of nitrogens with zero attached hydrogens (tertiary/aromatic N) is 2. The monoisotopic (exact) mass is 384 g/mol. The van der Waals surface area contributed by atoms with E-state index >= 15 is 0 Å². The summed E-state index contributed by atoms with van der Waals surface area (Å²) in [5, 5.41) is 0. The molecule has 1 aliphatic carbocycles. The number of anilines is 1. The number of benzene rings is 2. The molecule has 0 bridgehead atoms. The summed E-state index contributed by atoms with van der Waals surface area (Å²) in [6.07, 6.45) is 9.51. The number of rotatable bonds is 4. The highest BCUT2D eigenvalue weighted by Crippen LogP contribution is 2.52. The summed E-state index contributed by atoms with van der Waals surface area (Å²) in [5.41, 5.74) is 3.18. The van der Waals surface area contributed by atoms with Crippen molar-refractivity contribution in [2.75, 3.05) is 18.6 Å². The van der Waals surface area contributed by atoms with Crippen LogP contribution in [0.4, 0.5) is 5.69 Å². The molecule has 0 radical (unpaired) electrons. The maximum atomic E-state index is 6.24. The lowest BCUT2D eigenvalue weighted by Crippen LogP contribution is -2.50. The van der Waals surface area contributed by atoms with Crippen molar-refractivity contribution >= 4 is 11.4 Å². The first-order chi connectivity index (χ1) is 14.2. The van der Waals surface area contributed by atoms with Gasteiger partial charge in [0.15, 0.2) is 0 Å². The van der Waals surface area contributed by atoms with Gasteiger partial charge in [0.1, 0.15) is 17.3 Å². The largest absolute Gasteiger partial charge is 0.497 e. The molecule has 3 aliphatic rings. The number of para-hydroxylation sites is 1. The first-order valence-electron chi connectivity index (χ1n) is 10.1. The zero-order valence-corrected chi connectivity index (χ0v) is 16.7. The van der Waals surface area contributed by atoms with E-state index in [0.717, 1.165) is 35.9 Å². The van der Waals surface area contributed by atoms with Crippen LogP contribution in [0.2, 0.25) is 0 Å². The second kappa shape index (κ2) is 6.96. The van der Waals surface area contributed by atoms with Crippen molar-refractivity contribution in [2.24, 2.45) is 16.3 Å². The minimum Gasteiger partial charge on any atom is -0.497 e. The number of piperidine rings is 1. The second-order valence-corrected chi connectivity index (χ2v) is 7.70. The zero-order chi connectivity index (χ0) is 19.8. The average molecular weight is 384 g/mol. The van der Waals surface area contributed by atoms with E-state index in [9.17, 15) is 0 Å². The third-order valence-electron chi connectivity index (χ3n) is 6.19. The summed E-state index contributed by atoms with van der Waals surface area (Å²) >= 11 is 0. The molecule has 2 unspecified atom stereocenters. The number of hydrogen-bond donors (Lipinski definition) is 0. The van der Waals surface area contributed by atoms with E-state index in [1.54, 1.807) is 7.11 Å². The molecule has 4 nitrogen and oxygen atoms in total. The number of aliphatic imine (C=N–C) groups is 1. The summed E-state index contributed by atoms with van der Waals surface area (Å²) < 4.78 is 11.6. The standard InChI is InChI=1S/C25H24N2O2/c1-18-14-17-27(19-8-10-20(28-2)11-9-19)23-13-12-22(24-25(18,23)15-16-26-24)29-21-6-4-3-5-7-21/h3-13,15-16,18H,14,17H2,1-2H3. The smallest absolute Gasteiger partial charge is 0.150 e. The first kappa shape index (κ1) is 17.8. The Morgan fingerprint density at radius 2 is 1.79 bits per heavy atom. The molecule has 0 aromatic heterocycles. The van der Waals surface area contributed by atoms with Gasteiger partial charge in [0.25, 0.3) is 0 Å². The van der Waals surface area contributed by atoms with Gasteiger partial charge in [-0.1, -0.05) is 25.1 Å². The van der Waals surface area contributed by atoms with Gasteiger partial charge in [-0.15, -0.1) is 0 Å². The van der Waals surface area contributed by atoms with E-state index < -0.39 is 0 Å². The zero-order valence-electron chi connectivity index (χ0n) is 16.7. The van der Waals surface area contributed by atoms with Gasteiger partial charge in [-0.25, -0.2) is 0 Å². The predicted octanol–water partition coefficient (Wildman–Crippen LogP) is 5.36. The predicted molar refractivity (Wildman–Crippen MR) is 116 cm³/mol. The molecule has 146 valence electrons. The fourth-order valence-corrected chi connectivity index (χ4v) is 4.62. The van der Waals surface area contributed by atoms with Crippen molar-refractivity contribution in [3.8, 4) is 11.5 Å². The maximum absolute atomic E-state index is 6.24. The number of allylic oxidation sites excluding steroid dienone is 4. The van der Waals surface area contributed by atoms with E-state index in [1.165, 1.54) is 11.4 Å². The molecule has 0 N–H and O–H groups in total. The van der Waals surface area contributed by atoms with Gasteiger partial charge in [-0.3, -0.25) is 4.99 Å². The van der Waals surface area contributed by atoms with Gasteiger partial charge >= 0.3 is 0 Å². The van der Waals surface area contributed by atoms with Gasteiger partial charge in [-0.05, 0) is 67.0 Å². The van der Waals surface area contributed by atoms with Crippen LogP contribution >= 0.6 is 0 Å². The number of hydrogen-bond acceptors (Lipinski definition) is 4. The first-order valence-corrected chi connectivity index (χ1v) is 10.1. The fourth-order valence-electron chi connectivity index (χ4n) is 4.62. The topological polar surface area (TPSA) is 34.1 Å². The van der Waals surface area contributed by atoms with Crippen molar-refractivity contribution in [3.05, 3.63) is 90.5 Å². The lowest BCUT2D eigenvalue weighted by molar-refractivity contribution is 0.328.